The summed E-state index contributed by atoms with van der Waals surface area (Å²) < 4.78 is 11.7. The van der Waals surface area contributed by atoms with Gasteiger partial charge in [0.15, 0.2) is 0 Å². The molecule has 0 atom stereocenters. The normalized spacial score (nSPS) is 11.0. The molecular formula is C3H7N2OPS4. The van der Waals surface area contributed by atoms with Crippen molar-refractivity contribution in [1.82, 2.24) is 0 Å². The van der Waals surface area contributed by atoms with E-state index < -0.39 is 5.55 Å². The maximum Gasteiger partial charge on any atom is 0.201 e. The average molecular weight is 246 g/mol. The highest BCUT2D eigenvalue weighted by atomic mass is 33.1. The van der Waals surface area contributed by atoms with Gasteiger partial charge < -0.3 is 11.5 Å². The number of hydrogen-bond acceptors (Lipinski definition) is 5. The summed E-state index contributed by atoms with van der Waals surface area (Å²) in [6, 6.07) is 0. The van der Waals surface area contributed by atoms with Gasteiger partial charge in [-0.05, 0) is 22.8 Å². The summed E-state index contributed by atoms with van der Waals surface area (Å²) in [4.78, 5) is 0. The molecule has 0 amide bonds. The molecule has 0 unspecified atom stereocenters. The van der Waals surface area contributed by atoms with Crippen LogP contribution in [-0.2, 0) is 4.57 Å². The molecule has 0 aromatic carbocycles. The van der Waals surface area contributed by atoms with Gasteiger partial charge >= 0.3 is 0 Å². The Kier molecular flexibility index (Phi) is 4.97. The Morgan fingerprint density at radius 2 is 1.55 bits per heavy atom. The zero-order valence-electron chi connectivity index (χ0n) is 5.64. The van der Waals surface area contributed by atoms with Crippen LogP contribution >= 0.6 is 52.7 Å². The zero-order chi connectivity index (χ0) is 9.07. The lowest BCUT2D eigenvalue weighted by Crippen LogP contribution is -2.03. The van der Waals surface area contributed by atoms with E-state index in [1.54, 1.807) is 0 Å². The summed E-state index contributed by atoms with van der Waals surface area (Å²) >= 11 is 11.0. The molecular weight excluding hydrogens is 239 g/mol. The molecule has 8 heteroatoms. The van der Waals surface area contributed by atoms with Gasteiger partial charge in [-0.25, -0.2) is 0 Å². The summed E-state index contributed by atoms with van der Waals surface area (Å²) in [7, 11) is 0. The van der Waals surface area contributed by atoms with Gasteiger partial charge in [0.2, 0.25) is 5.55 Å². The second-order valence-corrected chi connectivity index (χ2v) is 11.7. The fourth-order valence-electron chi connectivity index (χ4n) is 0.346. The Morgan fingerprint density at radius 3 is 1.73 bits per heavy atom. The lowest BCUT2D eigenvalue weighted by Gasteiger charge is -2.07. The second-order valence-electron chi connectivity index (χ2n) is 1.59. The molecule has 11 heavy (non-hydrogen) atoms. The second kappa shape index (κ2) is 4.67. The van der Waals surface area contributed by atoms with Crippen molar-refractivity contribution in [3.05, 3.63) is 0 Å². The van der Waals surface area contributed by atoms with Crippen LogP contribution < -0.4 is 11.5 Å². The van der Waals surface area contributed by atoms with E-state index in [0.29, 0.717) is 0 Å². The molecule has 0 heterocycles. The molecule has 0 radical (unpaired) electrons. The average Bonchev–Trinajstić information content (AvgIpc) is 1.53. The van der Waals surface area contributed by atoms with E-state index in [1.807, 2.05) is 0 Å². The predicted octanol–water partition coefficient (Wildman–Crippen LogP) is 1.76. The van der Waals surface area contributed by atoms with Gasteiger partial charge in [-0.2, -0.15) is 0 Å². The first-order chi connectivity index (χ1) is 4.83. The molecule has 64 valence electrons. The van der Waals surface area contributed by atoms with Crippen molar-refractivity contribution in [2.45, 2.75) is 0 Å². The first-order valence-electron chi connectivity index (χ1n) is 2.39. The molecule has 0 aliphatic heterocycles. The lowest BCUT2D eigenvalue weighted by atomic mass is 11.5. The highest BCUT2D eigenvalue weighted by Crippen LogP contribution is 2.65. The van der Waals surface area contributed by atoms with Crippen molar-refractivity contribution in [3.8, 4) is 0 Å². The van der Waals surface area contributed by atoms with Crippen LogP contribution in [0, 0.1) is 0 Å². The number of hydrogen-bond donors (Lipinski definition) is 2. The fraction of sp³-hybridized carbons (Fsp3) is 0.333. The molecule has 0 saturated heterocycles. The number of nitrogens with two attached hydrogens (primary N) is 2. The third-order valence-electron chi connectivity index (χ3n) is 0.512. The zero-order valence-corrected chi connectivity index (χ0v) is 9.80. The Hall–Kier alpha value is 0.710. The molecule has 4 N–H and O–H groups in total. The highest BCUT2D eigenvalue weighted by Gasteiger charge is 2.19. The van der Waals surface area contributed by atoms with Gasteiger partial charge in [-0.3, -0.25) is 4.57 Å². The van der Waals surface area contributed by atoms with E-state index in [0.717, 1.165) is 22.8 Å². The third kappa shape index (κ3) is 7.08. The molecule has 0 bridgehead atoms. The largest absolute Gasteiger partial charge is 0.384 e. The molecule has 3 nitrogen and oxygen atoms in total. The Labute approximate surface area is 83.9 Å². The van der Waals surface area contributed by atoms with Crippen molar-refractivity contribution < 1.29 is 4.57 Å². The SMILES string of the molecule is CP(=O)(SC(N)=S)SC(N)=S. The van der Waals surface area contributed by atoms with Crippen molar-refractivity contribution in [2.75, 3.05) is 6.66 Å². The number of rotatable bonds is 2. The summed E-state index contributed by atoms with van der Waals surface area (Å²) in [5, 5.41) is 0. The Balaban J connectivity index is 4.12. The Bertz CT molecular complexity index is 209. The van der Waals surface area contributed by atoms with Gasteiger partial charge in [0.1, 0.15) is 8.64 Å². The minimum Gasteiger partial charge on any atom is -0.384 e. The summed E-state index contributed by atoms with van der Waals surface area (Å²) in [6.45, 7) is 1.53. The fourth-order valence-corrected chi connectivity index (χ4v) is 8.30. The topological polar surface area (TPSA) is 69.1 Å². The Morgan fingerprint density at radius 1 is 1.27 bits per heavy atom. The first-order valence-corrected chi connectivity index (χ1v) is 8.20. The van der Waals surface area contributed by atoms with Crippen LogP contribution in [0.2, 0.25) is 0 Å². The minimum atomic E-state index is -2.50. The van der Waals surface area contributed by atoms with Crippen molar-refractivity contribution >= 4 is 61.4 Å². The standard InChI is InChI=1S/C3H7N2OPS4/c1-7(6,10-2(4)8)11-3(5)9/h1H3,(H2,4,8)(H2,5,9). The van der Waals surface area contributed by atoms with Gasteiger partial charge in [-0.1, -0.05) is 24.4 Å². The van der Waals surface area contributed by atoms with Crippen LogP contribution in [0.25, 0.3) is 0 Å². The number of thiocarbonyl (C=S) groups is 2. The van der Waals surface area contributed by atoms with E-state index in [1.165, 1.54) is 6.66 Å². The van der Waals surface area contributed by atoms with Crippen LogP contribution in [0.15, 0.2) is 0 Å². The van der Waals surface area contributed by atoms with Gasteiger partial charge in [0.25, 0.3) is 0 Å². The highest BCUT2D eigenvalue weighted by molar-refractivity contribution is 8.98. The summed E-state index contributed by atoms with van der Waals surface area (Å²) in [5.41, 5.74) is 7.85. The van der Waals surface area contributed by atoms with Gasteiger partial charge in [0, 0.05) is 6.66 Å². The quantitative estimate of drug-likeness (QED) is 0.568. The van der Waals surface area contributed by atoms with Crippen LogP contribution in [0.5, 0.6) is 0 Å². The maximum atomic E-state index is 11.4. The van der Waals surface area contributed by atoms with E-state index in [-0.39, 0.29) is 8.64 Å². The molecule has 0 rings (SSSR count). The van der Waals surface area contributed by atoms with E-state index in [2.05, 4.69) is 24.4 Å². The van der Waals surface area contributed by atoms with Crippen LogP contribution in [0.4, 0.5) is 0 Å². The van der Waals surface area contributed by atoms with Gasteiger partial charge in [0.05, 0.1) is 0 Å². The monoisotopic (exact) mass is 246 g/mol. The smallest absolute Gasteiger partial charge is 0.201 e. The lowest BCUT2D eigenvalue weighted by molar-refractivity contribution is 0.597. The molecule has 0 aromatic heterocycles. The molecule has 0 spiro atoms. The molecule has 0 aliphatic carbocycles. The molecule has 0 aliphatic rings. The molecule has 0 saturated carbocycles. The van der Waals surface area contributed by atoms with Crippen LogP contribution in [0.3, 0.4) is 0 Å². The van der Waals surface area contributed by atoms with Crippen LogP contribution in [-0.4, -0.2) is 15.3 Å². The van der Waals surface area contributed by atoms with Crippen LogP contribution in [0.1, 0.15) is 0 Å². The van der Waals surface area contributed by atoms with Crippen molar-refractivity contribution in [3.63, 3.8) is 0 Å². The first kappa shape index (κ1) is 11.7. The summed E-state index contributed by atoms with van der Waals surface area (Å²) in [6.07, 6.45) is 0. The maximum absolute atomic E-state index is 11.4. The van der Waals surface area contributed by atoms with Gasteiger partial charge in [-0.15, -0.1) is 0 Å². The van der Waals surface area contributed by atoms with Crippen molar-refractivity contribution in [2.24, 2.45) is 11.5 Å². The van der Waals surface area contributed by atoms with E-state index in [9.17, 15) is 4.57 Å². The van der Waals surface area contributed by atoms with Crippen molar-refractivity contribution in [1.29, 1.82) is 0 Å². The molecule has 0 aromatic rings. The summed E-state index contributed by atoms with van der Waals surface area (Å²) in [5.74, 6) is 0. The third-order valence-corrected chi connectivity index (χ3v) is 7.29. The van der Waals surface area contributed by atoms with E-state index in [4.69, 9.17) is 11.5 Å². The van der Waals surface area contributed by atoms with E-state index >= 15 is 0 Å². The molecule has 0 fully saturated rings. The predicted molar refractivity (Wildman–Crippen MR) is 62.3 cm³/mol. The minimum absolute atomic E-state index is 0.152.